The number of fused-ring (bicyclic) bond motifs is 3. The lowest BCUT2D eigenvalue weighted by atomic mass is 10.1. The van der Waals surface area contributed by atoms with Crippen molar-refractivity contribution in [2.24, 2.45) is 5.92 Å². The van der Waals surface area contributed by atoms with Crippen molar-refractivity contribution in [3.8, 4) is 11.5 Å². The van der Waals surface area contributed by atoms with Gasteiger partial charge in [0.25, 0.3) is 0 Å². The molecule has 0 atom stereocenters. The van der Waals surface area contributed by atoms with E-state index in [1.54, 1.807) is 18.4 Å². The summed E-state index contributed by atoms with van der Waals surface area (Å²) in [6, 6.07) is 18.7. The number of nitrogens with zero attached hydrogens (tertiary/aromatic N) is 1. The normalized spacial score (nSPS) is 11.7. The van der Waals surface area contributed by atoms with Gasteiger partial charge in [0, 0.05) is 5.39 Å². The molecule has 1 aromatic heterocycles. The molecule has 0 amide bonds. The van der Waals surface area contributed by atoms with Crippen LogP contribution < -0.4 is 9.47 Å². The van der Waals surface area contributed by atoms with Crippen LogP contribution in [0, 0.1) is 5.92 Å². The van der Waals surface area contributed by atoms with Crippen molar-refractivity contribution < 1.29 is 9.47 Å². The number of ether oxygens (including phenoxy) is 2. The standard InChI is InChI=1S/C25H25NO2S/c1-17(2)14-15-28-21-11-8-18(16-22(21)27-3)9-13-24-26-25-20-7-5-4-6-19(20)10-12-23(25)29-24/h4-13,16-17H,14-15H2,1-3H3/b13-9+. The second kappa shape index (κ2) is 8.66. The number of rotatable bonds is 7. The topological polar surface area (TPSA) is 31.4 Å². The maximum atomic E-state index is 5.88. The van der Waals surface area contributed by atoms with Gasteiger partial charge in [0.1, 0.15) is 5.01 Å². The van der Waals surface area contributed by atoms with E-state index < -0.39 is 0 Å². The second-order valence-corrected chi connectivity index (χ2v) is 8.52. The molecule has 0 fully saturated rings. The van der Waals surface area contributed by atoms with Crippen molar-refractivity contribution >= 4 is 44.5 Å². The fourth-order valence-electron chi connectivity index (χ4n) is 3.23. The molecule has 0 unspecified atom stereocenters. The molecule has 0 bridgehead atoms. The van der Waals surface area contributed by atoms with Crippen LogP contribution >= 0.6 is 11.3 Å². The van der Waals surface area contributed by atoms with Gasteiger partial charge in [0.2, 0.25) is 0 Å². The Balaban J connectivity index is 1.56. The number of hydrogen-bond donors (Lipinski definition) is 0. The Morgan fingerprint density at radius 3 is 2.69 bits per heavy atom. The smallest absolute Gasteiger partial charge is 0.161 e. The third kappa shape index (κ3) is 4.43. The number of aromatic nitrogens is 1. The van der Waals surface area contributed by atoms with Gasteiger partial charge in [-0.15, -0.1) is 11.3 Å². The summed E-state index contributed by atoms with van der Waals surface area (Å²) >= 11 is 1.70. The van der Waals surface area contributed by atoms with E-state index in [9.17, 15) is 0 Å². The zero-order chi connectivity index (χ0) is 20.2. The maximum absolute atomic E-state index is 5.88. The lowest BCUT2D eigenvalue weighted by Crippen LogP contribution is -2.02. The minimum atomic E-state index is 0.620. The molecule has 4 aromatic rings. The van der Waals surface area contributed by atoms with Crippen LogP contribution in [0.2, 0.25) is 0 Å². The third-order valence-electron chi connectivity index (χ3n) is 4.86. The average molecular weight is 404 g/mol. The quantitative estimate of drug-likeness (QED) is 0.331. The van der Waals surface area contributed by atoms with Gasteiger partial charge in [-0.2, -0.15) is 0 Å². The predicted molar refractivity (Wildman–Crippen MR) is 124 cm³/mol. The zero-order valence-electron chi connectivity index (χ0n) is 17.0. The molecule has 4 rings (SSSR count). The summed E-state index contributed by atoms with van der Waals surface area (Å²) in [5.41, 5.74) is 2.13. The Labute approximate surface area is 175 Å². The first-order valence-corrected chi connectivity index (χ1v) is 10.7. The lowest BCUT2D eigenvalue weighted by molar-refractivity contribution is 0.273. The van der Waals surface area contributed by atoms with Crippen molar-refractivity contribution in [3.63, 3.8) is 0 Å². The summed E-state index contributed by atoms with van der Waals surface area (Å²) < 4.78 is 12.6. The van der Waals surface area contributed by atoms with Crippen LogP contribution in [0.1, 0.15) is 30.8 Å². The fraction of sp³-hybridized carbons (Fsp3) is 0.240. The van der Waals surface area contributed by atoms with E-state index in [2.05, 4.69) is 62.4 Å². The Morgan fingerprint density at radius 1 is 1.00 bits per heavy atom. The fourth-order valence-corrected chi connectivity index (χ4v) is 4.12. The molecule has 3 nitrogen and oxygen atoms in total. The van der Waals surface area contributed by atoms with Crippen molar-refractivity contribution in [1.29, 1.82) is 0 Å². The van der Waals surface area contributed by atoms with Crippen molar-refractivity contribution in [3.05, 3.63) is 65.2 Å². The van der Waals surface area contributed by atoms with Crippen LogP contribution in [0.15, 0.2) is 54.6 Å². The van der Waals surface area contributed by atoms with Gasteiger partial charge in [0.15, 0.2) is 11.5 Å². The molecule has 0 radical (unpaired) electrons. The van der Waals surface area contributed by atoms with Gasteiger partial charge in [-0.25, -0.2) is 4.98 Å². The van der Waals surface area contributed by atoms with Crippen LogP contribution in [0.5, 0.6) is 11.5 Å². The van der Waals surface area contributed by atoms with Gasteiger partial charge in [-0.1, -0.05) is 56.3 Å². The van der Waals surface area contributed by atoms with Gasteiger partial charge < -0.3 is 9.47 Å². The van der Waals surface area contributed by atoms with Gasteiger partial charge in [-0.05, 0) is 47.6 Å². The molecule has 0 saturated heterocycles. The van der Waals surface area contributed by atoms with E-state index in [0.29, 0.717) is 12.5 Å². The monoisotopic (exact) mass is 403 g/mol. The van der Waals surface area contributed by atoms with E-state index in [1.807, 2.05) is 18.2 Å². The molecule has 0 N–H and O–H groups in total. The molecule has 148 valence electrons. The molecule has 0 aliphatic heterocycles. The van der Waals surface area contributed by atoms with Gasteiger partial charge >= 0.3 is 0 Å². The zero-order valence-corrected chi connectivity index (χ0v) is 17.8. The second-order valence-electron chi connectivity index (χ2n) is 7.46. The molecule has 0 aliphatic carbocycles. The van der Waals surface area contributed by atoms with E-state index in [-0.39, 0.29) is 0 Å². The Hall–Kier alpha value is -2.85. The summed E-state index contributed by atoms with van der Waals surface area (Å²) in [4.78, 5) is 4.85. The minimum Gasteiger partial charge on any atom is -0.493 e. The minimum absolute atomic E-state index is 0.620. The average Bonchev–Trinajstić information content (AvgIpc) is 3.16. The maximum Gasteiger partial charge on any atom is 0.161 e. The van der Waals surface area contributed by atoms with Crippen molar-refractivity contribution in [1.82, 2.24) is 4.98 Å². The van der Waals surface area contributed by atoms with E-state index in [4.69, 9.17) is 14.5 Å². The molecular weight excluding hydrogens is 378 g/mol. The Morgan fingerprint density at radius 2 is 1.86 bits per heavy atom. The van der Waals surface area contributed by atoms with E-state index in [0.717, 1.165) is 34.0 Å². The highest BCUT2D eigenvalue weighted by Crippen LogP contribution is 2.31. The number of methoxy groups -OCH3 is 1. The van der Waals surface area contributed by atoms with Crippen LogP contribution in [0.3, 0.4) is 0 Å². The van der Waals surface area contributed by atoms with Gasteiger partial charge in [0.05, 0.1) is 23.9 Å². The molecule has 0 spiro atoms. The highest BCUT2D eigenvalue weighted by Gasteiger charge is 2.07. The third-order valence-corrected chi connectivity index (χ3v) is 5.84. The highest BCUT2D eigenvalue weighted by atomic mass is 32.1. The van der Waals surface area contributed by atoms with E-state index >= 15 is 0 Å². The molecule has 0 aliphatic rings. The summed E-state index contributed by atoms with van der Waals surface area (Å²) in [5.74, 6) is 2.16. The summed E-state index contributed by atoms with van der Waals surface area (Å²) in [5, 5.41) is 3.41. The Kier molecular flexibility index (Phi) is 5.81. The first-order chi connectivity index (χ1) is 14.1. The Bertz CT molecular complexity index is 1160. The van der Waals surface area contributed by atoms with Crippen molar-refractivity contribution in [2.45, 2.75) is 20.3 Å². The molecule has 3 aromatic carbocycles. The van der Waals surface area contributed by atoms with Crippen LogP contribution in [0.25, 0.3) is 33.1 Å². The van der Waals surface area contributed by atoms with Crippen LogP contribution in [0.4, 0.5) is 0 Å². The number of benzene rings is 3. The number of thiazole rings is 1. The van der Waals surface area contributed by atoms with Gasteiger partial charge in [-0.3, -0.25) is 0 Å². The first kappa shape index (κ1) is 19.5. The van der Waals surface area contributed by atoms with Crippen LogP contribution in [-0.4, -0.2) is 18.7 Å². The SMILES string of the molecule is COc1cc(/C=C/c2nc3c(ccc4ccccc43)s2)ccc1OCCC(C)C. The molecule has 0 saturated carbocycles. The number of hydrogen-bond acceptors (Lipinski definition) is 4. The molecule has 1 heterocycles. The summed E-state index contributed by atoms with van der Waals surface area (Å²) in [6.07, 6.45) is 5.16. The lowest BCUT2D eigenvalue weighted by Gasteiger charge is -2.12. The molecule has 4 heteroatoms. The molecule has 29 heavy (non-hydrogen) atoms. The summed E-state index contributed by atoms with van der Waals surface area (Å²) in [7, 11) is 1.68. The highest BCUT2D eigenvalue weighted by molar-refractivity contribution is 7.19. The molecular formula is C25H25NO2S. The van der Waals surface area contributed by atoms with Crippen molar-refractivity contribution in [2.75, 3.05) is 13.7 Å². The van der Waals surface area contributed by atoms with Crippen LogP contribution in [-0.2, 0) is 0 Å². The van der Waals surface area contributed by atoms with E-state index in [1.165, 1.54) is 15.5 Å². The first-order valence-electron chi connectivity index (χ1n) is 9.91. The largest absolute Gasteiger partial charge is 0.493 e. The summed E-state index contributed by atoms with van der Waals surface area (Å²) in [6.45, 7) is 5.08. The predicted octanol–water partition coefficient (Wildman–Crippen LogP) is 7.05.